The maximum Gasteiger partial charge on any atom is 0.263 e. The van der Waals surface area contributed by atoms with Crippen LogP contribution >= 0.6 is 0 Å². The number of hydrogen-bond acceptors (Lipinski definition) is 7. The molecule has 1 N–H and O–H groups in total. The van der Waals surface area contributed by atoms with Crippen LogP contribution in [-0.2, 0) is 7.05 Å². The molecular formula is C17H22N6O2. The van der Waals surface area contributed by atoms with Crippen LogP contribution in [0.5, 0.6) is 0 Å². The molecule has 0 spiro atoms. The van der Waals surface area contributed by atoms with Crippen LogP contribution in [0.4, 0.5) is 5.82 Å². The number of aliphatic hydroxyl groups excluding tert-OH is 1. The number of anilines is 1. The Hall–Kier alpha value is -2.48. The molecular weight excluding hydrogens is 320 g/mol. The highest BCUT2D eigenvalue weighted by molar-refractivity contribution is 5.88. The summed E-state index contributed by atoms with van der Waals surface area (Å²) < 4.78 is 7.19. The van der Waals surface area contributed by atoms with Crippen molar-refractivity contribution in [2.45, 2.75) is 32.8 Å². The summed E-state index contributed by atoms with van der Waals surface area (Å²) in [6, 6.07) is 0. The summed E-state index contributed by atoms with van der Waals surface area (Å²) in [5.41, 5.74) is 1.34. The van der Waals surface area contributed by atoms with Crippen molar-refractivity contribution in [2.24, 2.45) is 13.0 Å². The molecule has 3 aromatic heterocycles. The van der Waals surface area contributed by atoms with Crippen molar-refractivity contribution in [1.82, 2.24) is 24.7 Å². The van der Waals surface area contributed by atoms with Gasteiger partial charge in [0.15, 0.2) is 0 Å². The number of piperidine rings is 1. The number of rotatable bonds is 3. The molecule has 1 aliphatic heterocycles. The summed E-state index contributed by atoms with van der Waals surface area (Å²) >= 11 is 0. The van der Waals surface area contributed by atoms with E-state index in [2.05, 4.69) is 25.0 Å². The van der Waals surface area contributed by atoms with Crippen LogP contribution in [0.2, 0.25) is 0 Å². The summed E-state index contributed by atoms with van der Waals surface area (Å²) in [5, 5.41) is 15.6. The number of aromatic nitrogens is 5. The molecule has 1 fully saturated rings. The lowest BCUT2D eigenvalue weighted by molar-refractivity contribution is 0.0824. The fraction of sp³-hybridized carbons (Fsp3) is 0.529. The van der Waals surface area contributed by atoms with Crippen molar-refractivity contribution in [3.63, 3.8) is 0 Å². The summed E-state index contributed by atoms with van der Waals surface area (Å²) in [6.45, 7) is 5.41. The van der Waals surface area contributed by atoms with Gasteiger partial charge in [-0.15, -0.1) is 0 Å². The second kappa shape index (κ2) is 6.11. The fourth-order valence-corrected chi connectivity index (χ4v) is 3.60. The van der Waals surface area contributed by atoms with E-state index < -0.39 is 6.10 Å². The third kappa shape index (κ3) is 2.76. The highest BCUT2D eigenvalue weighted by Crippen LogP contribution is 2.34. The molecule has 1 saturated heterocycles. The molecule has 0 unspecified atom stereocenters. The van der Waals surface area contributed by atoms with Gasteiger partial charge in [0.1, 0.15) is 29.0 Å². The Balaban J connectivity index is 1.55. The van der Waals surface area contributed by atoms with Gasteiger partial charge in [-0.1, -0.05) is 5.16 Å². The largest absolute Gasteiger partial charge is 0.385 e. The van der Waals surface area contributed by atoms with Gasteiger partial charge in [0.25, 0.3) is 5.71 Å². The smallest absolute Gasteiger partial charge is 0.263 e. The van der Waals surface area contributed by atoms with Gasteiger partial charge in [-0.05, 0) is 32.6 Å². The van der Waals surface area contributed by atoms with Gasteiger partial charge in [-0.3, -0.25) is 0 Å². The van der Waals surface area contributed by atoms with E-state index in [1.807, 2.05) is 31.7 Å². The quantitative estimate of drug-likeness (QED) is 0.777. The molecule has 0 aromatic carbocycles. The molecule has 0 saturated carbocycles. The Morgan fingerprint density at radius 2 is 2.00 bits per heavy atom. The summed E-state index contributed by atoms with van der Waals surface area (Å²) in [4.78, 5) is 15.5. The lowest BCUT2D eigenvalue weighted by atomic mass is 9.90. The molecule has 25 heavy (non-hydrogen) atoms. The van der Waals surface area contributed by atoms with Crippen molar-refractivity contribution in [3.8, 4) is 0 Å². The van der Waals surface area contributed by atoms with Crippen LogP contribution in [0.1, 0.15) is 36.3 Å². The van der Waals surface area contributed by atoms with E-state index in [1.54, 1.807) is 6.20 Å². The van der Waals surface area contributed by atoms with Crippen LogP contribution in [0, 0.1) is 19.8 Å². The van der Waals surface area contributed by atoms with Gasteiger partial charge in [-0.2, -0.15) is 4.98 Å². The van der Waals surface area contributed by atoms with E-state index in [9.17, 15) is 5.11 Å². The lowest BCUT2D eigenvalue weighted by Gasteiger charge is -2.34. The second-order valence-corrected chi connectivity index (χ2v) is 6.71. The average molecular weight is 342 g/mol. The Bertz CT molecular complexity index is 894. The zero-order valence-electron chi connectivity index (χ0n) is 14.7. The number of hydrogen-bond donors (Lipinski definition) is 1. The Kier molecular flexibility index (Phi) is 3.91. The van der Waals surface area contributed by atoms with E-state index in [1.165, 1.54) is 0 Å². The number of nitrogens with zero attached hydrogens (tertiary/aromatic N) is 6. The molecule has 1 aliphatic rings. The maximum absolute atomic E-state index is 10.6. The zero-order chi connectivity index (χ0) is 17.6. The summed E-state index contributed by atoms with van der Waals surface area (Å²) in [6.07, 6.45) is 4.81. The Labute approximate surface area is 145 Å². The maximum atomic E-state index is 10.6. The van der Waals surface area contributed by atoms with Crippen LogP contribution in [0.15, 0.2) is 16.9 Å². The summed E-state index contributed by atoms with van der Waals surface area (Å²) in [7, 11) is 1.91. The molecule has 0 aliphatic carbocycles. The van der Waals surface area contributed by atoms with E-state index in [0.717, 1.165) is 48.7 Å². The topological polar surface area (TPSA) is 93.1 Å². The number of fused-ring (bicyclic) bond motifs is 1. The molecule has 4 heterocycles. The molecule has 0 bridgehead atoms. The standard InChI is InChI=1S/C17H22N6O2/c1-10-13-15(19-11(2)20-17(13)25-21-10)23-7-4-12(5-8-23)14(24)16-18-6-9-22(16)3/h6,9,12,14,24H,4-5,7-8H2,1-3H3/t14-/m0/s1. The number of aliphatic hydroxyl groups is 1. The third-order valence-corrected chi connectivity index (χ3v) is 5.01. The van der Waals surface area contributed by atoms with Crippen molar-refractivity contribution >= 4 is 16.9 Å². The molecule has 4 rings (SSSR count). The van der Waals surface area contributed by atoms with Crippen LogP contribution in [0.3, 0.4) is 0 Å². The minimum Gasteiger partial charge on any atom is -0.385 e. The molecule has 8 nitrogen and oxygen atoms in total. The first-order valence-electron chi connectivity index (χ1n) is 8.55. The molecule has 8 heteroatoms. The third-order valence-electron chi connectivity index (χ3n) is 5.01. The minimum atomic E-state index is -0.536. The first-order chi connectivity index (χ1) is 12.0. The molecule has 132 valence electrons. The minimum absolute atomic E-state index is 0.194. The highest BCUT2D eigenvalue weighted by Gasteiger charge is 2.30. The number of imidazole rings is 1. The lowest BCUT2D eigenvalue weighted by Crippen LogP contribution is -2.36. The average Bonchev–Trinajstić information content (AvgIpc) is 3.20. The van der Waals surface area contributed by atoms with E-state index in [-0.39, 0.29) is 5.92 Å². The monoisotopic (exact) mass is 342 g/mol. The first-order valence-corrected chi connectivity index (χ1v) is 8.55. The van der Waals surface area contributed by atoms with E-state index in [0.29, 0.717) is 11.5 Å². The normalized spacial score (nSPS) is 17.4. The SMILES string of the molecule is Cc1nc(N2CCC([C@H](O)c3nccn3C)CC2)c2c(C)noc2n1. The van der Waals surface area contributed by atoms with Gasteiger partial charge in [0, 0.05) is 32.5 Å². The fourth-order valence-electron chi connectivity index (χ4n) is 3.60. The molecule has 1 atom stereocenters. The van der Waals surface area contributed by atoms with Gasteiger partial charge >= 0.3 is 0 Å². The van der Waals surface area contributed by atoms with Gasteiger partial charge in [0.05, 0.1) is 5.69 Å². The second-order valence-electron chi connectivity index (χ2n) is 6.71. The van der Waals surface area contributed by atoms with E-state index >= 15 is 0 Å². The van der Waals surface area contributed by atoms with Crippen LogP contribution in [0.25, 0.3) is 11.1 Å². The van der Waals surface area contributed by atoms with Crippen molar-refractivity contribution in [2.75, 3.05) is 18.0 Å². The van der Waals surface area contributed by atoms with Crippen LogP contribution < -0.4 is 4.90 Å². The predicted molar refractivity (Wildman–Crippen MR) is 92.2 cm³/mol. The van der Waals surface area contributed by atoms with Gasteiger partial charge in [-0.25, -0.2) is 9.97 Å². The highest BCUT2D eigenvalue weighted by atomic mass is 16.5. The Morgan fingerprint density at radius 3 is 2.68 bits per heavy atom. The molecule has 3 aromatic rings. The predicted octanol–water partition coefficient (Wildman–Crippen LogP) is 1.92. The van der Waals surface area contributed by atoms with Crippen molar-refractivity contribution < 1.29 is 9.63 Å². The number of aryl methyl sites for hydroxylation is 3. The Morgan fingerprint density at radius 1 is 1.24 bits per heavy atom. The summed E-state index contributed by atoms with van der Waals surface area (Å²) in [5.74, 6) is 2.48. The van der Waals surface area contributed by atoms with Crippen LogP contribution in [-0.4, -0.2) is 42.9 Å². The van der Waals surface area contributed by atoms with Crippen molar-refractivity contribution in [1.29, 1.82) is 0 Å². The molecule has 0 radical (unpaired) electrons. The van der Waals surface area contributed by atoms with Crippen molar-refractivity contribution in [3.05, 3.63) is 29.7 Å². The van der Waals surface area contributed by atoms with Gasteiger partial charge < -0.3 is 19.1 Å². The molecule has 0 amide bonds. The first kappa shape index (κ1) is 16.0. The van der Waals surface area contributed by atoms with E-state index in [4.69, 9.17) is 4.52 Å². The zero-order valence-corrected chi connectivity index (χ0v) is 14.7. The van der Waals surface area contributed by atoms with Gasteiger partial charge in [0.2, 0.25) is 0 Å².